The van der Waals surface area contributed by atoms with Crippen molar-refractivity contribution >= 4 is 11.3 Å². The molecule has 0 aliphatic rings. The summed E-state index contributed by atoms with van der Waals surface area (Å²) in [6.45, 7) is 5.01. The maximum absolute atomic E-state index is 8.71. The van der Waals surface area contributed by atoms with E-state index in [0.717, 1.165) is 15.5 Å². The number of aliphatic hydroxyl groups excluding tert-OH is 1. The molecule has 0 amide bonds. The highest BCUT2D eigenvalue weighted by atomic mass is 32.1. The van der Waals surface area contributed by atoms with Gasteiger partial charge in [0.15, 0.2) is 0 Å². The van der Waals surface area contributed by atoms with Crippen LogP contribution in [0.4, 0.5) is 0 Å². The van der Waals surface area contributed by atoms with E-state index in [0.29, 0.717) is 18.9 Å². The van der Waals surface area contributed by atoms with Gasteiger partial charge in [-0.25, -0.2) is 0 Å². The van der Waals surface area contributed by atoms with Crippen molar-refractivity contribution in [2.24, 2.45) is 0 Å². The second kappa shape index (κ2) is 7.87. The van der Waals surface area contributed by atoms with Gasteiger partial charge in [0.25, 0.3) is 0 Å². The van der Waals surface area contributed by atoms with Crippen LogP contribution in [0.2, 0.25) is 0 Å². The first-order chi connectivity index (χ1) is 10.2. The van der Waals surface area contributed by atoms with Gasteiger partial charge in [-0.05, 0) is 29.7 Å². The fourth-order valence-corrected chi connectivity index (χ4v) is 2.76. The van der Waals surface area contributed by atoms with Crippen molar-refractivity contribution in [1.29, 1.82) is 0 Å². The third-order valence-electron chi connectivity index (χ3n) is 3.02. The third kappa shape index (κ3) is 4.63. The lowest BCUT2D eigenvalue weighted by molar-refractivity contribution is 0.305. The lowest BCUT2D eigenvalue weighted by Crippen LogP contribution is -1.98. The van der Waals surface area contributed by atoms with Crippen molar-refractivity contribution in [2.75, 3.05) is 6.61 Å². The summed E-state index contributed by atoms with van der Waals surface area (Å²) in [7, 11) is 0. The molecule has 0 unspecified atom stereocenters. The summed E-state index contributed by atoms with van der Waals surface area (Å²) in [5, 5.41) is 8.71. The lowest BCUT2D eigenvalue weighted by Gasteiger charge is -2.13. The molecular weight excluding hydrogens is 280 g/mol. The standard InChI is InChI=1S/C18H20O2S/c1-14(2)17-8-3-4-9-18(17)20-13-16-11-10-15(21-16)7-5-6-12-19/h3-4,8-11,14,19H,6,12-13H2,1-2H3. The van der Waals surface area contributed by atoms with Gasteiger partial charge in [-0.1, -0.05) is 43.9 Å². The van der Waals surface area contributed by atoms with Crippen molar-refractivity contribution in [3.8, 4) is 17.6 Å². The number of aliphatic hydroxyl groups is 1. The fraction of sp³-hybridized carbons (Fsp3) is 0.333. The zero-order chi connectivity index (χ0) is 15.1. The maximum atomic E-state index is 8.71. The average molecular weight is 300 g/mol. The van der Waals surface area contributed by atoms with E-state index in [4.69, 9.17) is 9.84 Å². The third-order valence-corrected chi connectivity index (χ3v) is 4.00. The van der Waals surface area contributed by atoms with Crippen LogP contribution >= 0.6 is 11.3 Å². The minimum Gasteiger partial charge on any atom is -0.488 e. The Morgan fingerprint density at radius 2 is 2.00 bits per heavy atom. The largest absolute Gasteiger partial charge is 0.488 e. The summed E-state index contributed by atoms with van der Waals surface area (Å²) in [5.74, 6) is 7.38. The Bertz CT molecular complexity index is 632. The monoisotopic (exact) mass is 300 g/mol. The highest BCUT2D eigenvalue weighted by Crippen LogP contribution is 2.27. The first-order valence-electron chi connectivity index (χ1n) is 7.11. The Labute approximate surface area is 130 Å². The maximum Gasteiger partial charge on any atom is 0.123 e. The lowest BCUT2D eigenvalue weighted by atomic mass is 10.0. The molecule has 2 aromatic rings. The normalized spacial score (nSPS) is 10.3. The molecule has 1 aromatic carbocycles. The van der Waals surface area contributed by atoms with Gasteiger partial charge in [0.1, 0.15) is 12.4 Å². The first-order valence-corrected chi connectivity index (χ1v) is 7.92. The molecule has 21 heavy (non-hydrogen) atoms. The summed E-state index contributed by atoms with van der Waals surface area (Å²) < 4.78 is 5.95. The summed E-state index contributed by atoms with van der Waals surface area (Å²) in [4.78, 5) is 2.17. The van der Waals surface area contributed by atoms with E-state index in [1.165, 1.54) is 5.56 Å². The van der Waals surface area contributed by atoms with E-state index in [1.54, 1.807) is 11.3 Å². The molecule has 1 heterocycles. The Morgan fingerprint density at radius 1 is 1.19 bits per heavy atom. The molecule has 1 aromatic heterocycles. The SMILES string of the molecule is CC(C)c1ccccc1OCc1ccc(C#CCCO)s1. The minimum atomic E-state index is 0.111. The van der Waals surface area contributed by atoms with Gasteiger partial charge in [0.05, 0.1) is 11.5 Å². The predicted molar refractivity (Wildman–Crippen MR) is 87.8 cm³/mol. The van der Waals surface area contributed by atoms with Gasteiger partial charge in [0.2, 0.25) is 0 Å². The minimum absolute atomic E-state index is 0.111. The van der Waals surface area contributed by atoms with E-state index in [2.05, 4.69) is 31.8 Å². The van der Waals surface area contributed by atoms with Gasteiger partial charge in [-0.3, -0.25) is 0 Å². The van der Waals surface area contributed by atoms with Gasteiger partial charge < -0.3 is 9.84 Å². The fourth-order valence-electron chi connectivity index (χ4n) is 1.97. The number of benzene rings is 1. The zero-order valence-electron chi connectivity index (χ0n) is 12.4. The smallest absolute Gasteiger partial charge is 0.123 e. The van der Waals surface area contributed by atoms with E-state index >= 15 is 0 Å². The van der Waals surface area contributed by atoms with Crippen LogP contribution in [0.1, 0.15) is 41.5 Å². The molecule has 0 bridgehead atoms. The Morgan fingerprint density at radius 3 is 2.76 bits per heavy atom. The molecule has 0 aliphatic carbocycles. The van der Waals surface area contributed by atoms with Crippen molar-refractivity contribution in [2.45, 2.75) is 32.8 Å². The van der Waals surface area contributed by atoms with Crippen molar-refractivity contribution in [3.63, 3.8) is 0 Å². The van der Waals surface area contributed by atoms with Crippen molar-refractivity contribution < 1.29 is 9.84 Å². The second-order valence-corrected chi connectivity index (χ2v) is 6.19. The zero-order valence-corrected chi connectivity index (χ0v) is 13.2. The molecule has 2 nitrogen and oxygen atoms in total. The van der Waals surface area contributed by atoms with Crippen molar-refractivity contribution in [1.82, 2.24) is 0 Å². The molecule has 0 radical (unpaired) electrons. The van der Waals surface area contributed by atoms with Crippen LogP contribution in [-0.4, -0.2) is 11.7 Å². The van der Waals surface area contributed by atoms with E-state index in [1.807, 2.05) is 30.3 Å². The summed E-state index contributed by atoms with van der Waals surface area (Å²) in [5.41, 5.74) is 1.23. The van der Waals surface area contributed by atoms with Crippen LogP contribution in [0, 0.1) is 11.8 Å². The van der Waals surface area contributed by atoms with E-state index < -0.39 is 0 Å². The van der Waals surface area contributed by atoms with Gasteiger partial charge in [0, 0.05) is 11.3 Å². The number of rotatable bonds is 5. The van der Waals surface area contributed by atoms with Gasteiger partial charge in [-0.15, -0.1) is 11.3 Å². The highest BCUT2D eigenvalue weighted by molar-refractivity contribution is 7.12. The van der Waals surface area contributed by atoms with Crippen LogP contribution in [0.3, 0.4) is 0 Å². The molecule has 0 saturated carbocycles. The topological polar surface area (TPSA) is 29.5 Å². The molecule has 3 heteroatoms. The Balaban J connectivity index is 2.00. The van der Waals surface area contributed by atoms with Gasteiger partial charge in [-0.2, -0.15) is 0 Å². The molecular formula is C18H20O2S. The first kappa shape index (κ1) is 15.6. The summed E-state index contributed by atoms with van der Waals surface area (Å²) in [6, 6.07) is 12.2. The molecule has 2 rings (SSSR count). The van der Waals surface area contributed by atoms with Crippen LogP contribution < -0.4 is 4.74 Å². The average Bonchev–Trinajstić information content (AvgIpc) is 2.93. The molecule has 110 valence electrons. The molecule has 0 spiro atoms. The van der Waals surface area contributed by atoms with E-state index in [-0.39, 0.29) is 6.61 Å². The Kier molecular flexibility index (Phi) is 5.86. The van der Waals surface area contributed by atoms with Crippen LogP contribution in [0.15, 0.2) is 36.4 Å². The molecule has 1 N–H and O–H groups in total. The number of hydrogen-bond donors (Lipinski definition) is 1. The van der Waals surface area contributed by atoms with E-state index in [9.17, 15) is 0 Å². The summed E-state index contributed by atoms with van der Waals surface area (Å²) in [6.07, 6.45) is 0.519. The second-order valence-electron chi connectivity index (χ2n) is 5.02. The number of para-hydroxylation sites is 1. The van der Waals surface area contributed by atoms with Crippen LogP contribution in [-0.2, 0) is 6.61 Å². The molecule has 0 fully saturated rings. The number of thiophene rings is 1. The van der Waals surface area contributed by atoms with Crippen LogP contribution in [0.25, 0.3) is 0 Å². The molecule has 0 saturated heterocycles. The Hall–Kier alpha value is -1.76. The highest BCUT2D eigenvalue weighted by Gasteiger charge is 2.07. The quantitative estimate of drug-likeness (QED) is 0.839. The molecule has 0 atom stereocenters. The number of ether oxygens (including phenoxy) is 1. The molecule has 0 aliphatic heterocycles. The van der Waals surface area contributed by atoms with Crippen molar-refractivity contribution in [3.05, 3.63) is 51.7 Å². The number of hydrogen-bond acceptors (Lipinski definition) is 3. The van der Waals surface area contributed by atoms with Crippen LogP contribution in [0.5, 0.6) is 5.75 Å². The predicted octanol–water partition coefficient (Wildman–Crippen LogP) is 4.18. The van der Waals surface area contributed by atoms with Gasteiger partial charge >= 0.3 is 0 Å². The summed E-state index contributed by atoms with van der Waals surface area (Å²) >= 11 is 1.64.